The molecule has 0 bridgehead atoms. The SMILES string of the molecule is CC(C)CC(C(=O)O)N1CCCCS1(=O)=O. The van der Waals surface area contributed by atoms with Gasteiger partial charge in [-0.05, 0) is 25.2 Å². The summed E-state index contributed by atoms with van der Waals surface area (Å²) >= 11 is 0. The van der Waals surface area contributed by atoms with E-state index in [2.05, 4.69) is 0 Å². The molecule has 1 aliphatic rings. The summed E-state index contributed by atoms with van der Waals surface area (Å²) in [6.07, 6.45) is 1.75. The number of sulfonamides is 1. The molecule has 0 aromatic heterocycles. The monoisotopic (exact) mass is 249 g/mol. The third kappa shape index (κ3) is 3.18. The molecule has 1 heterocycles. The van der Waals surface area contributed by atoms with Crippen molar-refractivity contribution < 1.29 is 18.3 Å². The van der Waals surface area contributed by atoms with E-state index in [-0.39, 0.29) is 11.7 Å². The molecule has 1 aliphatic heterocycles. The van der Waals surface area contributed by atoms with Gasteiger partial charge < -0.3 is 5.11 Å². The van der Waals surface area contributed by atoms with Gasteiger partial charge in [0.25, 0.3) is 0 Å². The van der Waals surface area contributed by atoms with Crippen LogP contribution in [-0.4, -0.2) is 42.1 Å². The van der Waals surface area contributed by atoms with E-state index < -0.39 is 22.0 Å². The number of carboxylic acid groups (broad SMARTS) is 1. The Morgan fingerprint density at radius 1 is 1.38 bits per heavy atom. The van der Waals surface area contributed by atoms with E-state index in [4.69, 9.17) is 5.11 Å². The van der Waals surface area contributed by atoms with Crippen LogP contribution < -0.4 is 0 Å². The van der Waals surface area contributed by atoms with Crippen LogP contribution in [-0.2, 0) is 14.8 Å². The van der Waals surface area contributed by atoms with Gasteiger partial charge in [-0.2, -0.15) is 4.31 Å². The first-order valence-corrected chi connectivity index (χ1v) is 7.18. The van der Waals surface area contributed by atoms with Crippen LogP contribution in [0.4, 0.5) is 0 Å². The van der Waals surface area contributed by atoms with Gasteiger partial charge in [-0.1, -0.05) is 13.8 Å². The average molecular weight is 249 g/mol. The van der Waals surface area contributed by atoms with Crippen molar-refractivity contribution in [3.05, 3.63) is 0 Å². The lowest BCUT2D eigenvalue weighted by Gasteiger charge is -2.32. The molecule has 0 amide bonds. The van der Waals surface area contributed by atoms with Crippen molar-refractivity contribution in [3.8, 4) is 0 Å². The molecule has 0 aliphatic carbocycles. The Bertz CT molecular complexity index is 350. The average Bonchev–Trinajstić information content (AvgIpc) is 2.13. The number of rotatable bonds is 4. The van der Waals surface area contributed by atoms with Crippen molar-refractivity contribution in [2.24, 2.45) is 5.92 Å². The quantitative estimate of drug-likeness (QED) is 0.803. The lowest BCUT2D eigenvalue weighted by molar-refractivity contribution is -0.142. The molecule has 5 nitrogen and oxygen atoms in total. The molecule has 16 heavy (non-hydrogen) atoms. The van der Waals surface area contributed by atoms with Crippen molar-refractivity contribution in [1.82, 2.24) is 4.31 Å². The van der Waals surface area contributed by atoms with Crippen LogP contribution in [0.1, 0.15) is 33.1 Å². The fraction of sp³-hybridized carbons (Fsp3) is 0.900. The molecule has 94 valence electrons. The lowest BCUT2D eigenvalue weighted by atomic mass is 10.0. The molecule has 1 fully saturated rings. The van der Waals surface area contributed by atoms with Gasteiger partial charge in [0.15, 0.2) is 0 Å². The van der Waals surface area contributed by atoms with Crippen molar-refractivity contribution in [2.75, 3.05) is 12.3 Å². The molecule has 1 atom stereocenters. The highest BCUT2D eigenvalue weighted by Gasteiger charge is 2.36. The van der Waals surface area contributed by atoms with Gasteiger partial charge in [-0.15, -0.1) is 0 Å². The lowest BCUT2D eigenvalue weighted by Crippen LogP contribution is -2.49. The van der Waals surface area contributed by atoms with Gasteiger partial charge in [-0.3, -0.25) is 4.79 Å². The first-order chi connectivity index (χ1) is 7.34. The molecule has 0 radical (unpaired) electrons. The predicted octanol–water partition coefficient (Wildman–Crippen LogP) is 0.911. The number of nitrogens with zero attached hydrogens (tertiary/aromatic N) is 1. The van der Waals surface area contributed by atoms with Crippen LogP contribution in [0.15, 0.2) is 0 Å². The number of aliphatic carboxylic acids is 1. The number of carboxylic acids is 1. The summed E-state index contributed by atoms with van der Waals surface area (Å²) in [5, 5.41) is 9.10. The first kappa shape index (κ1) is 13.4. The maximum absolute atomic E-state index is 11.8. The summed E-state index contributed by atoms with van der Waals surface area (Å²) in [6, 6.07) is -0.898. The smallest absolute Gasteiger partial charge is 0.322 e. The van der Waals surface area contributed by atoms with Crippen molar-refractivity contribution >= 4 is 16.0 Å². The van der Waals surface area contributed by atoms with Crippen LogP contribution in [0.2, 0.25) is 0 Å². The highest BCUT2D eigenvalue weighted by molar-refractivity contribution is 7.89. The summed E-state index contributed by atoms with van der Waals surface area (Å²) in [4.78, 5) is 11.1. The Hall–Kier alpha value is -0.620. The summed E-state index contributed by atoms with van der Waals surface area (Å²) < 4.78 is 24.7. The zero-order valence-electron chi connectivity index (χ0n) is 9.72. The third-order valence-electron chi connectivity index (χ3n) is 2.72. The highest BCUT2D eigenvalue weighted by Crippen LogP contribution is 2.21. The van der Waals surface area contributed by atoms with Crippen LogP contribution in [0.3, 0.4) is 0 Å². The molecule has 1 N–H and O–H groups in total. The van der Waals surface area contributed by atoms with Gasteiger partial charge in [0.05, 0.1) is 5.75 Å². The fourth-order valence-electron chi connectivity index (χ4n) is 1.95. The van der Waals surface area contributed by atoms with Gasteiger partial charge in [0, 0.05) is 6.54 Å². The van der Waals surface area contributed by atoms with E-state index in [1.54, 1.807) is 0 Å². The van der Waals surface area contributed by atoms with Crippen LogP contribution in [0.25, 0.3) is 0 Å². The van der Waals surface area contributed by atoms with E-state index in [0.717, 1.165) is 6.42 Å². The molecule has 6 heteroatoms. The maximum Gasteiger partial charge on any atom is 0.322 e. The summed E-state index contributed by atoms with van der Waals surface area (Å²) in [5.74, 6) is -0.799. The van der Waals surface area contributed by atoms with Crippen LogP contribution >= 0.6 is 0 Å². The summed E-state index contributed by atoms with van der Waals surface area (Å²) in [5.41, 5.74) is 0. The topological polar surface area (TPSA) is 74.7 Å². The fourth-order valence-corrected chi connectivity index (χ4v) is 3.72. The molecule has 1 unspecified atom stereocenters. The second kappa shape index (κ2) is 5.14. The standard InChI is InChI=1S/C10H19NO4S/c1-8(2)7-9(10(12)13)11-5-3-4-6-16(11,14)15/h8-9H,3-7H2,1-2H3,(H,12,13). The number of hydrogen-bond donors (Lipinski definition) is 1. The maximum atomic E-state index is 11.8. The molecule has 0 aromatic rings. The minimum Gasteiger partial charge on any atom is -0.480 e. The molecular formula is C10H19NO4S. The van der Waals surface area contributed by atoms with E-state index in [1.165, 1.54) is 4.31 Å². The summed E-state index contributed by atoms with van der Waals surface area (Å²) in [6.45, 7) is 4.13. The van der Waals surface area contributed by atoms with Gasteiger partial charge in [-0.25, -0.2) is 8.42 Å². The molecule has 1 saturated heterocycles. The Labute approximate surface area is 96.5 Å². The molecule has 0 aromatic carbocycles. The van der Waals surface area contributed by atoms with Crippen molar-refractivity contribution in [1.29, 1.82) is 0 Å². The predicted molar refractivity (Wildman–Crippen MR) is 60.6 cm³/mol. The Balaban J connectivity index is 2.88. The van der Waals surface area contributed by atoms with Crippen LogP contribution in [0.5, 0.6) is 0 Å². The zero-order chi connectivity index (χ0) is 12.3. The molecule has 1 rings (SSSR count). The highest BCUT2D eigenvalue weighted by atomic mass is 32.2. The Morgan fingerprint density at radius 3 is 2.44 bits per heavy atom. The minimum atomic E-state index is -3.36. The van der Waals surface area contributed by atoms with E-state index in [9.17, 15) is 13.2 Å². The normalized spacial score (nSPS) is 23.2. The third-order valence-corrected chi connectivity index (χ3v) is 4.67. The van der Waals surface area contributed by atoms with E-state index in [0.29, 0.717) is 19.4 Å². The minimum absolute atomic E-state index is 0.0782. The van der Waals surface area contributed by atoms with Gasteiger partial charge in [0.1, 0.15) is 6.04 Å². The second-order valence-corrected chi connectivity index (χ2v) is 6.66. The Morgan fingerprint density at radius 2 is 2.00 bits per heavy atom. The van der Waals surface area contributed by atoms with E-state index in [1.807, 2.05) is 13.8 Å². The van der Waals surface area contributed by atoms with E-state index >= 15 is 0 Å². The second-order valence-electron chi connectivity index (χ2n) is 4.62. The van der Waals surface area contributed by atoms with Crippen molar-refractivity contribution in [2.45, 2.75) is 39.2 Å². The number of carbonyl (C=O) groups is 1. The Kier molecular flexibility index (Phi) is 4.32. The zero-order valence-corrected chi connectivity index (χ0v) is 10.5. The van der Waals surface area contributed by atoms with Gasteiger partial charge in [0.2, 0.25) is 10.0 Å². The molecule has 0 saturated carbocycles. The van der Waals surface area contributed by atoms with Crippen molar-refractivity contribution in [3.63, 3.8) is 0 Å². The summed E-state index contributed by atoms with van der Waals surface area (Å²) in [7, 11) is -3.36. The first-order valence-electron chi connectivity index (χ1n) is 5.57. The molecule has 0 spiro atoms. The number of hydrogen-bond acceptors (Lipinski definition) is 3. The van der Waals surface area contributed by atoms with Gasteiger partial charge >= 0.3 is 5.97 Å². The molecular weight excluding hydrogens is 230 g/mol. The largest absolute Gasteiger partial charge is 0.480 e. The van der Waals surface area contributed by atoms with Crippen LogP contribution in [0, 0.1) is 5.92 Å².